The fourth-order valence-corrected chi connectivity index (χ4v) is 1.37. The zero-order chi connectivity index (χ0) is 11.4. The first kappa shape index (κ1) is 12.0. The van der Waals surface area contributed by atoms with Crippen molar-refractivity contribution in [3.63, 3.8) is 0 Å². The smallest absolute Gasteiger partial charge is 0.241 e. The number of nitrogens with one attached hydrogen (secondary N) is 1. The van der Waals surface area contributed by atoms with Crippen LogP contribution in [0.15, 0.2) is 0 Å². The molecule has 0 bridgehead atoms. The van der Waals surface area contributed by atoms with Crippen molar-refractivity contribution in [2.24, 2.45) is 5.92 Å². The number of nitrogens with zero attached hydrogens (tertiary/aromatic N) is 2. The van der Waals surface area contributed by atoms with E-state index in [1.807, 2.05) is 6.92 Å². The van der Waals surface area contributed by atoms with Gasteiger partial charge in [0.2, 0.25) is 11.8 Å². The van der Waals surface area contributed by atoms with Crippen molar-refractivity contribution in [3.8, 4) is 0 Å². The summed E-state index contributed by atoms with van der Waals surface area (Å²) < 4.78 is 0. The molecule has 0 unspecified atom stereocenters. The molecule has 5 heteroatoms. The van der Waals surface area contributed by atoms with E-state index in [-0.39, 0.29) is 24.3 Å². The SMILES string of the molecule is CCN(CC(=O)N(C)C)C(=O)C1CNC1. The third-order valence-corrected chi connectivity index (χ3v) is 2.65. The molecule has 0 aromatic carbocycles. The van der Waals surface area contributed by atoms with E-state index in [1.54, 1.807) is 19.0 Å². The van der Waals surface area contributed by atoms with Gasteiger partial charge in [0, 0.05) is 33.7 Å². The minimum Gasteiger partial charge on any atom is -0.347 e. The molecule has 0 atom stereocenters. The maximum absolute atomic E-state index is 11.8. The second-order valence-electron chi connectivity index (χ2n) is 4.00. The lowest BCUT2D eigenvalue weighted by Gasteiger charge is -2.32. The van der Waals surface area contributed by atoms with E-state index in [4.69, 9.17) is 0 Å². The summed E-state index contributed by atoms with van der Waals surface area (Å²) in [5, 5.41) is 3.05. The lowest BCUT2D eigenvalue weighted by Crippen LogP contribution is -2.53. The molecule has 1 fully saturated rings. The Kier molecular flexibility index (Phi) is 4.08. The van der Waals surface area contributed by atoms with Crippen LogP contribution in [-0.4, -0.2) is 61.9 Å². The summed E-state index contributed by atoms with van der Waals surface area (Å²) in [5.74, 6) is 0.129. The van der Waals surface area contributed by atoms with Crippen LogP contribution >= 0.6 is 0 Å². The average Bonchev–Trinajstić information content (AvgIpc) is 2.10. The molecule has 1 N–H and O–H groups in total. The van der Waals surface area contributed by atoms with Gasteiger partial charge >= 0.3 is 0 Å². The normalized spacial score (nSPS) is 15.7. The number of likely N-dealkylation sites (N-methyl/N-ethyl adjacent to an activating group) is 2. The summed E-state index contributed by atoms with van der Waals surface area (Å²) >= 11 is 0. The first-order valence-electron chi connectivity index (χ1n) is 5.26. The number of rotatable bonds is 4. The van der Waals surface area contributed by atoms with Gasteiger partial charge in [-0.1, -0.05) is 0 Å². The molecule has 0 saturated carbocycles. The molecule has 15 heavy (non-hydrogen) atoms. The lowest BCUT2D eigenvalue weighted by atomic mass is 10.0. The molecule has 1 heterocycles. The van der Waals surface area contributed by atoms with E-state index in [2.05, 4.69) is 5.32 Å². The van der Waals surface area contributed by atoms with Crippen LogP contribution in [0.1, 0.15) is 6.92 Å². The first-order chi connectivity index (χ1) is 7.06. The van der Waals surface area contributed by atoms with Crippen LogP contribution in [0.4, 0.5) is 0 Å². The molecule has 5 nitrogen and oxygen atoms in total. The Balaban J connectivity index is 2.47. The van der Waals surface area contributed by atoms with E-state index in [0.717, 1.165) is 13.1 Å². The van der Waals surface area contributed by atoms with Crippen molar-refractivity contribution >= 4 is 11.8 Å². The van der Waals surface area contributed by atoms with E-state index >= 15 is 0 Å². The minimum atomic E-state index is -0.0301. The highest BCUT2D eigenvalue weighted by Gasteiger charge is 2.29. The van der Waals surface area contributed by atoms with Gasteiger partial charge in [-0.2, -0.15) is 0 Å². The lowest BCUT2D eigenvalue weighted by molar-refractivity contribution is -0.142. The molecule has 0 aromatic rings. The maximum atomic E-state index is 11.8. The summed E-state index contributed by atoms with van der Waals surface area (Å²) in [7, 11) is 3.40. The molecule has 0 aromatic heterocycles. The van der Waals surface area contributed by atoms with Crippen LogP contribution in [0.5, 0.6) is 0 Å². The third-order valence-electron chi connectivity index (χ3n) is 2.65. The molecule has 1 rings (SSSR count). The Morgan fingerprint density at radius 2 is 1.93 bits per heavy atom. The molecular formula is C10H19N3O2. The summed E-state index contributed by atoms with van der Waals surface area (Å²) in [5.41, 5.74) is 0. The van der Waals surface area contributed by atoms with Gasteiger partial charge < -0.3 is 15.1 Å². The molecular weight excluding hydrogens is 194 g/mol. The van der Waals surface area contributed by atoms with Gasteiger partial charge in [-0.05, 0) is 6.92 Å². The van der Waals surface area contributed by atoms with Crippen molar-refractivity contribution in [1.82, 2.24) is 15.1 Å². The van der Waals surface area contributed by atoms with Crippen molar-refractivity contribution in [2.75, 3.05) is 40.3 Å². The standard InChI is InChI=1S/C10H19N3O2/c1-4-13(7-9(14)12(2)3)10(15)8-5-11-6-8/h8,11H,4-7H2,1-3H3. The van der Waals surface area contributed by atoms with Crippen molar-refractivity contribution in [1.29, 1.82) is 0 Å². The Labute approximate surface area is 90.4 Å². The Morgan fingerprint density at radius 1 is 1.33 bits per heavy atom. The van der Waals surface area contributed by atoms with Gasteiger partial charge in [0.1, 0.15) is 0 Å². The molecule has 1 aliphatic heterocycles. The topological polar surface area (TPSA) is 52.7 Å². The van der Waals surface area contributed by atoms with Gasteiger partial charge in [-0.25, -0.2) is 0 Å². The van der Waals surface area contributed by atoms with Gasteiger partial charge in [0.25, 0.3) is 0 Å². The predicted molar refractivity (Wildman–Crippen MR) is 57.3 cm³/mol. The number of hydrogen-bond acceptors (Lipinski definition) is 3. The van der Waals surface area contributed by atoms with Crippen LogP contribution in [0.2, 0.25) is 0 Å². The van der Waals surface area contributed by atoms with Crippen LogP contribution < -0.4 is 5.32 Å². The van der Waals surface area contributed by atoms with Gasteiger partial charge in [0.15, 0.2) is 0 Å². The van der Waals surface area contributed by atoms with Crippen LogP contribution in [0, 0.1) is 5.92 Å². The molecule has 86 valence electrons. The Morgan fingerprint density at radius 3 is 2.27 bits per heavy atom. The Bertz CT molecular complexity index is 249. The largest absolute Gasteiger partial charge is 0.347 e. The number of carbonyl (C=O) groups is 2. The van der Waals surface area contributed by atoms with Crippen LogP contribution in [-0.2, 0) is 9.59 Å². The molecule has 0 radical (unpaired) electrons. The minimum absolute atomic E-state index is 0.0301. The van der Waals surface area contributed by atoms with Crippen LogP contribution in [0.25, 0.3) is 0 Å². The van der Waals surface area contributed by atoms with E-state index < -0.39 is 0 Å². The first-order valence-corrected chi connectivity index (χ1v) is 5.26. The molecule has 1 aliphatic rings. The molecule has 2 amide bonds. The molecule has 0 spiro atoms. The highest BCUT2D eigenvalue weighted by molar-refractivity contribution is 5.86. The highest BCUT2D eigenvalue weighted by Crippen LogP contribution is 2.08. The van der Waals surface area contributed by atoms with Crippen LogP contribution in [0.3, 0.4) is 0 Å². The highest BCUT2D eigenvalue weighted by atomic mass is 16.2. The zero-order valence-electron chi connectivity index (χ0n) is 9.62. The van der Waals surface area contributed by atoms with E-state index in [9.17, 15) is 9.59 Å². The molecule has 1 saturated heterocycles. The second kappa shape index (κ2) is 5.11. The van der Waals surface area contributed by atoms with E-state index in [1.165, 1.54) is 4.90 Å². The summed E-state index contributed by atoms with van der Waals surface area (Å²) in [6.07, 6.45) is 0. The third kappa shape index (κ3) is 2.92. The monoisotopic (exact) mass is 213 g/mol. The number of amides is 2. The number of carbonyl (C=O) groups excluding carboxylic acids is 2. The summed E-state index contributed by atoms with van der Waals surface area (Å²) in [6, 6.07) is 0. The van der Waals surface area contributed by atoms with Crippen molar-refractivity contribution in [2.45, 2.75) is 6.92 Å². The Hall–Kier alpha value is -1.10. The zero-order valence-corrected chi connectivity index (χ0v) is 9.62. The fourth-order valence-electron chi connectivity index (χ4n) is 1.37. The fraction of sp³-hybridized carbons (Fsp3) is 0.800. The van der Waals surface area contributed by atoms with Crippen molar-refractivity contribution in [3.05, 3.63) is 0 Å². The van der Waals surface area contributed by atoms with E-state index in [0.29, 0.717) is 6.54 Å². The second-order valence-corrected chi connectivity index (χ2v) is 4.00. The van der Waals surface area contributed by atoms with Crippen molar-refractivity contribution < 1.29 is 9.59 Å². The predicted octanol–water partition coefficient (Wildman–Crippen LogP) is -0.857. The number of hydrogen-bond donors (Lipinski definition) is 1. The van der Waals surface area contributed by atoms with Gasteiger partial charge in [-0.3, -0.25) is 9.59 Å². The summed E-state index contributed by atoms with van der Waals surface area (Å²) in [4.78, 5) is 26.4. The molecule has 0 aliphatic carbocycles. The quantitative estimate of drug-likeness (QED) is 0.661. The summed E-state index contributed by atoms with van der Waals surface area (Å²) in [6.45, 7) is 4.16. The van der Waals surface area contributed by atoms with Gasteiger partial charge in [0.05, 0.1) is 12.5 Å². The average molecular weight is 213 g/mol. The maximum Gasteiger partial charge on any atom is 0.241 e. The van der Waals surface area contributed by atoms with Gasteiger partial charge in [-0.15, -0.1) is 0 Å².